The van der Waals surface area contributed by atoms with E-state index in [2.05, 4.69) is 6.92 Å². The van der Waals surface area contributed by atoms with Gasteiger partial charge >= 0.3 is 0 Å². The Bertz CT molecular complexity index is 297. The van der Waals surface area contributed by atoms with Crippen LogP contribution in [-0.4, -0.2) is 4.92 Å². The van der Waals surface area contributed by atoms with E-state index in [1.165, 1.54) is 6.07 Å². The number of nitrogens with zero attached hydrogens (tertiary/aromatic N) is 1. The van der Waals surface area contributed by atoms with Crippen LogP contribution in [0.3, 0.4) is 0 Å². The van der Waals surface area contributed by atoms with Crippen LogP contribution in [0.1, 0.15) is 25.3 Å². The normalized spacial score (nSPS) is 9.92. The number of rotatable bonds is 4. The van der Waals surface area contributed by atoms with Gasteiger partial charge in [0.1, 0.15) is 0 Å². The lowest BCUT2D eigenvalue weighted by atomic mass is 10.1. The summed E-state index contributed by atoms with van der Waals surface area (Å²) in [6.07, 6.45) is 3.13. The molecule has 0 aromatic heterocycles. The lowest BCUT2D eigenvalue weighted by molar-refractivity contribution is -0.384. The van der Waals surface area contributed by atoms with Gasteiger partial charge in [0.25, 0.3) is 5.69 Å². The van der Waals surface area contributed by atoms with E-state index in [1.54, 1.807) is 12.1 Å². The van der Waals surface area contributed by atoms with Gasteiger partial charge in [0.05, 0.1) is 4.92 Å². The molecule has 0 aliphatic rings. The Morgan fingerprint density at radius 2 is 2.23 bits per heavy atom. The molecule has 0 radical (unpaired) electrons. The van der Waals surface area contributed by atoms with Crippen LogP contribution in [-0.2, 0) is 6.42 Å². The van der Waals surface area contributed by atoms with E-state index < -0.39 is 0 Å². The molecule has 3 nitrogen and oxygen atoms in total. The second-order valence-corrected chi connectivity index (χ2v) is 3.03. The zero-order valence-corrected chi connectivity index (χ0v) is 7.69. The van der Waals surface area contributed by atoms with Gasteiger partial charge in [-0.3, -0.25) is 10.1 Å². The van der Waals surface area contributed by atoms with E-state index in [4.69, 9.17) is 0 Å². The Kier molecular flexibility index (Phi) is 3.43. The van der Waals surface area contributed by atoms with Crippen LogP contribution in [0.25, 0.3) is 0 Å². The lowest BCUT2D eigenvalue weighted by Crippen LogP contribution is -1.90. The van der Waals surface area contributed by atoms with Crippen molar-refractivity contribution in [2.75, 3.05) is 0 Å². The van der Waals surface area contributed by atoms with Gasteiger partial charge in [0.2, 0.25) is 0 Å². The molecule has 0 saturated carbocycles. The molecule has 0 fully saturated rings. The Morgan fingerprint density at radius 3 is 2.85 bits per heavy atom. The summed E-state index contributed by atoms with van der Waals surface area (Å²) in [4.78, 5) is 10.1. The summed E-state index contributed by atoms with van der Waals surface area (Å²) >= 11 is 0. The summed E-state index contributed by atoms with van der Waals surface area (Å²) in [6.45, 7) is 2.11. The molecule has 1 aromatic carbocycles. The van der Waals surface area contributed by atoms with Gasteiger partial charge in [-0.05, 0) is 18.4 Å². The highest BCUT2D eigenvalue weighted by molar-refractivity contribution is 5.34. The molecule has 0 atom stereocenters. The molecule has 0 saturated heterocycles. The molecule has 0 bridgehead atoms. The van der Waals surface area contributed by atoms with Gasteiger partial charge in [-0.25, -0.2) is 0 Å². The molecule has 0 heterocycles. The molecular formula is C10H13NO2. The number of nitro benzene ring substituents is 1. The molecule has 13 heavy (non-hydrogen) atoms. The van der Waals surface area contributed by atoms with E-state index in [9.17, 15) is 10.1 Å². The first kappa shape index (κ1) is 9.71. The van der Waals surface area contributed by atoms with E-state index in [-0.39, 0.29) is 10.6 Å². The van der Waals surface area contributed by atoms with E-state index in [0.717, 1.165) is 24.8 Å². The predicted octanol–water partition coefficient (Wildman–Crippen LogP) is 2.94. The van der Waals surface area contributed by atoms with Crippen molar-refractivity contribution in [3.8, 4) is 0 Å². The van der Waals surface area contributed by atoms with Crippen LogP contribution < -0.4 is 0 Å². The van der Waals surface area contributed by atoms with Gasteiger partial charge < -0.3 is 0 Å². The fourth-order valence-corrected chi connectivity index (χ4v) is 1.21. The third kappa shape index (κ3) is 2.86. The largest absolute Gasteiger partial charge is 0.269 e. The second-order valence-electron chi connectivity index (χ2n) is 3.03. The Balaban J connectivity index is 2.73. The van der Waals surface area contributed by atoms with Gasteiger partial charge in [-0.1, -0.05) is 25.5 Å². The highest BCUT2D eigenvalue weighted by Gasteiger charge is 2.04. The minimum Gasteiger partial charge on any atom is -0.258 e. The zero-order chi connectivity index (χ0) is 9.68. The highest BCUT2D eigenvalue weighted by atomic mass is 16.6. The number of aryl methyl sites for hydroxylation is 1. The van der Waals surface area contributed by atoms with Crippen LogP contribution in [0, 0.1) is 10.1 Å². The number of hydrogen-bond donors (Lipinski definition) is 0. The molecule has 0 unspecified atom stereocenters. The molecule has 0 amide bonds. The van der Waals surface area contributed by atoms with Crippen molar-refractivity contribution in [3.05, 3.63) is 39.9 Å². The van der Waals surface area contributed by atoms with Crippen LogP contribution in [0.5, 0.6) is 0 Å². The molecule has 0 aliphatic heterocycles. The molecule has 1 rings (SSSR count). The topological polar surface area (TPSA) is 43.1 Å². The summed E-state index contributed by atoms with van der Waals surface area (Å²) in [5.74, 6) is 0. The van der Waals surface area contributed by atoms with Crippen molar-refractivity contribution in [1.82, 2.24) is 0 Å². The number of benzene rings is 1. The quantitative estimate of drug-likeness (QED) is 0.526. The van der Waals surface area contributed by atoms with Crippen molar-refractivity contribution in [3.63, 3.8) is 0 Å². The maximum atomic E-state index is 10.4. The summed E-state index contributed by atoms with van der Waals surface area (Å²) in [7, 11) is 0. The SMILES string of the molecule is CCCCc1cccc([N+](=O)[O-])c1. The van der Waals surface area contributed by atoms with Gasteiger partial charge in [0.15, 0.2) is 0 Å². The summed E-state index contributed by atoms with van der Waals surface area (Å²) in [6, 6.07) is 6.84. The smallest absolute Gasteiger partial charge is 0.258 e. The van der Waals surface area contributed by atoms with Crippen LogP contribution in [0.4, 0.5) is 5.69 Å². The van der Waals surface area contributed by atoms with Crippen LogP contribution in [0.15, 0.2) is 24.3 Å². The van der Waals surface area contributed by atoms with Crippen molar-refractivity contribution in [1.29, 1.82) is 0 Å². The second kappa shape index (κ2) is 4.60. The lowest BCUT2D eigenvalue weighted by Gasteiger charge is -1.98. The zero-order valence-electron chi connectivity index (χ0n) is 7.69. The molecule has 70 valence electrons. The monoisotopic (exact) mass is 179 g/mol. The first-order valence-corrected chi connectivity index (χ1v) is 4.47. The third-order valence-electron chi connectivity index (χ3n) is 1.94. The maximum Gasteiger partial charge on any atom is 0.269 e. The average Bonchev–Trinajstić information content (AvgIpc) is 2.15. The fourth-order valence-electron chi connectivity index (χ4n) is 1.21. The van der Waals surface area contributed by atoms with Gasteiger partial charge in [-0.15, -0.1) is 0 Å². The third-order valence-corrected chi connectivity index (χ3v) is 1.94. The van der Waals surface area contributed by atoms with Gasteiger partial charge in [-0.2, -0.15) is 0 Å². The number of non-ortho nitro benzene ring substituents is 1. The van der Waals surface area contributed by atoms with E-state index >= 15 is 0 Å². The first-order valence-electron chi connectivity index (χ1n) is 4.47. The van der Waals surface area contributed by atoms with E-state index in [1.807, 2.05) is 6.07 Å². The fraction of sp³-hybridized carbons (Fsp3) is 0.400. The molecule has 0 spiro atoms. The Labute approximate surface area is 77.5 Å². The van der Waals surface area contributed by atoms with Crippen LogP contribution >= 0.6 is 0 Å². The van der Waals surface area contributed by atoms with Crippen molar-refractivity contribution in [2.45, 2.75) is 26.2 Å². The van der Waals surface area contributed by atoms with E-state index in [0.29, 0.717) is 0 Å². The molecule has 0 N–H and O–H groups in total. The molecular weight excluding hydrogens is 166 g/mol. The summed E-state index contributed by atoms with van der Waals surface area (Å²) < 4.78 is 0. The molecule has 3 heteroatoms. The highest BCUT2D eigenvalue weighted by Crippen LogP contribution is 2.14. The van der Waals surface area contributed by atoms with Gasteiger partial charge in [0, 0.05) is 12.1 Å². The minimum atomic E-state index is -0.352. The average molecular weight is 179 g/mol. The van der Waals surface area contributed by atoms with Crippen molar-refractivity contribution in [2.24, 2.45) is 0 Å². The van der Waals surface area contributed by atoms with Crippen molar-refractivity contribution >= 4 is 5.69 Å². The number of nitro groups is 1. The Morgan fingerprint density at radius 1 is 1.46 bits per heavy atom. The summed E-state index contributed by atoms with van der Waals surface area (Å²) in [5, 5.41) is 10.4. The number of hydrogen-bond acceptors (Lipinski definition) is 2. The standard InChI is InChI=1S/C10H13NO2/c1-2-3-5-9-6-4-7-10(8-9)11(12)13/h4,6-8H,2-3,5H2,1H3. The molecule has 0 aliphatic carbocycles. The van der Waals surface area contributed by atoms with Crippen LogP contribution in [0.2, 0.25) is 0 Å². The minimum absolute atomic E-state index is 0.189. The predicted molar refractivity (Wildman–Crippen MR) is 51.7 cm³/mol. The maximum absolute atomic E-state index is 10.4. The number of unbranched alkanes of at least 4 members (excludes halogenated alkanes) is 1. The summed E-state index contributed by atoms with van der Waals surface area (Å²) in [5.41, 5.74) is 1.24. The first-order chi connectivity index (χ1) is 6.24. The molecule has 1 aromatic rings. The van der Waals surface area contributed by atoms with Crippen molar-refractivity contribution < 1.29 is 4.92 Å². The Hall–Kier alpha value is -1.38.